The number of aliphatic hydroxyl groups is 1. The number of aromatic hydroxyl groups is 1. The van der Waals surface area contributed by atoms with Crippen LogP contribution < -0.4 is 4.90 Å². The van der Waals surface area contributed by atoms with Crippen molar-refractivity contribution in [3.05, 3.63) is 46.3 Å². The molecule has 1 aromatic carbocycles. The summed E-state index contributed by atoms with van der Waals surface area (Å²) in [7, 11) is 0. The number of aromatic nitrogens is 3. The van der Waals surface area contributed by atoms with Gasteiger partial charge in [0.05, 0.1) is 24.8 Å². The van der Waals surface area contributed by atoms with Gasteiger partial charge in [-0.1, -0.05) is 30.4 Å². The molecule has 1 aliphatic rings. The van der Waals surface area contributed by atoms with Crippen LogP contribution in [-0.2, 0) is 6.42 Å². The highest BCUT2D eigenvalue weighted by atomic mass is 32.1. The Balaban J connectivity index is 1.81. The zero-order valence-electron chi connectivity index (χ0n) is 14.5. The monoisotopic (exact) mass is 377 g/mol. The van der Waals surface area contributed by atoms with Crippen LogP contribution in [0.1, 0.15) is 42.1 Å². The molecule has 0 amide bonds. The lowest BCUT2D eigenvalue weighted by atomic mass is 9.99. The van der Waals surface area contributed by atoms with E-state index in [9.17, 15) is 14.6 Å². The second-order valence-electron chi connectivity index (χ2n) is 6.71. The van der Waals surface area contributed by atoms with Gasteiger partial charge in [-0.05, 0) is 12.1 Å². The number of aliphatic hydroxyl groups excluding tert-OH is 1. The van der Waals surface area contributed by atoms with Crippen LogP contribution in [0, 0.1) is 5.82 Å². The Hall–Kier alpha value is -2.03. The first kappa shape index (κ1) is 17.4. The SMILES string of the molecule is CCc1nc2sc([C@@H](c3ccccc3F)[NH+]3CCC(O)CC3)c(O)n2n1. The highest BCUT2D eigenvalue weighted by Crippen LogP contribution is 2.36. The van der Waals surface area contributed by atoms with E-state index < -0.39 is 0 Å². The number of hydrogen-bond acceptors (Lipinski definition) is 5. The first-order valence-corrected chi connectivity index (χ1v) is 9.74. The number of quaternary nitrogens is 1. The number of benzene rings is 1. The molecule has 1 fully saturated rings. The first-order valence-electron chi connectivity index (χ1n) is 8.92. The van der Waals surface area contributed by atoms with Crippen LogP contribution in [0.2, 0.25) is 0 Å². The predicted octanol–water partition coefficient (Wildman–Crippen LogP) is 1.33. The van der Waals surface area contributed by atoms with E-state index in [0.29, 0.717) is 53.6 Å². The van der Waals surface area contributed by atoms with E-state index in [0.717, 1.165) is 4.90 Å². The van der Waals surface area contributed by atoms with Gasteiger partial charge in [-0.25, -0.2) is 9.37 Å². The number of aryl methyl sites for hydroxylation is 1. The maximum Gasteiger partial charge on any atom is 0.235 e. The number of rotatable bonds is 4. The lowest BCUT2D eigenvalue weighted by Gasteiger charge is -2.33. The van der Waals surface area contributed by atoms with Crippen LogP contribution in [0.5, 0.6) is 5.88 Å². The fraction of sp³-hybridized carbons (Fsp3) is 0.444. The van der Waals surface area contributed by atoms with E-state index in [2.05, 4.69) is 10.1 Å². The lowest BCUT2D eigenvalue weighted by Crippen LogP contribution is -3.13. The van der Waals surface area contributed by atoms with E-state index in [4.69, 9.17) is 0 Å². The fourth-order valence-electron chi connectivity index (χ4n) is 3.65. The minimum atomic E-state index is -0.345. The minimum absolute atomic E-state index is 0.0316. The van der Waals surface area contributed by atoms with E-state index in [-0.39, 0.29) is 23.8 Å². The Morgan fingerprint density at radius 3 is 2.73 bits per heavy atom. The number of nitrogens with one attached hydrogen (secondary N) is 1. The number of likely N-dealkylation sites (tertiary alicyclic amines) is 1. The molecule has 1 atom stereocenters. The number of fused-ring (bicyclic) bond motifs is 1. The zero-order valence-corrected chi connectivity index (χ0v) is 15.3. The molecule has 138 valence electrons. The maximum absolute atomic E-state index is 14.6. The molecule has 26 heavy (non-hydrogen) atoms. The van der Waals surface area contributed by atoms with Gasteiger partial charge in [0.25, 0.3) is 0 Å². The Morgan fingerprint density at radius 1 is 1.35 bits per heavy atom. The van der Waals surface area contributed by atoms with Gasteiger partial charge in [0.2, 0.25) is 10.8 Å². The summed E-state index contributed by atoms with van der Waals surface area (Å²) in [4.78, 5) is 6.85. The third-order valence-electron chi connectivity index (χ3n) is 5.04. The Labute approximate surface area is 154 Å². The number of piperidine rings is 1. The van der Waals surface area contributed by atoms with E-state index in [1.807, 2.05) is 13.0 Å². The largest absolute Gasteiger partial charge is 0.492 e. The summed E-state index contributed by atoms with van der Waals surface area (Å²) in [6.07, 6.45) is 1.72. The van der Waals surface area contributed by atoms with Gasteiger partial charge in [-0.2, -0.15) is 4.52 Å². The van der Waals surface area contributed by atoms with Crippen LogP contribution >= 0.6 is 11.3 Å². The van der Waals surface area contributed by atoms with Crippen molar-refractivity contribution in [1.82, 2.24) is 14.6 Å². The van der Waals surface area contributed by atoms with Crippen molar-refractivity contribution in [2.75, 3.05) is 13.1 Å². The average molecular weight is 377 g/mol. The summed E-state index contributed by atoms with van der Waals surface area (Å²) in [6.45, 7) is 3.39. The second kappa shape index (κ2) is 6.94. The van der Waals surface area contributed by atoms with Gasteiger partial charge in [0.15, 0.2) is 11.9 Å². The lowest BCUT2D eigenvalue weighted by molar-refractivity contribution is -0.931. The molecular formula is C18H22FN4O2S+. The molecule has 8 heteroatoms. The minimum Gasteiger partial charge on any atom is -0.492 e. The normalized spacial score (nSPS) is 22.0. The van der Waals surface area contributed by atoms with Crippen molar-refractivity contribution < 1.29 is 19.5 Å². The van der Waals surface area contributed by atoms with Crippen LogP contribution in [0.4, 0.5) is 4.39 Å². The van der Waals surface area contributed by atoms with Gasteiger partial charge in [0, 0.05) is 19.3 Å². The summed E-state index contributed by atoms with van der Waals surface area (Å²) in [6, 6.07) is 6.35. The van der Waals surface area contributed by atoms with Crippen molar-refractivity contribution in [3.8, 4) is 5.88 Å². The highest BCUT2D eigenvalue weighted by Gasteiger charge is 2.36. The van der Waals surface area contributed by atoms with Crippen molar-refractivity contribution >= 4 is 16.3 Å². The smallest absolute Gasteiger partial charge is 0.235 e. The summed E-state index contributed by atoms with van der Waals surface area (Å²) in [5.41, 5.74) is 0.550. The third-order valence-corrected chi connectivity index (χ3v) is 6.13. The van der Waals surface area contributed by atoms with E-state index >= 15 is 0 Å². The molecular weight excluding hydrogens is 355 g/mol. The molecule has 4 rings (SSSR count). The van der Waals surface area contributed by atoms with Gasteiger partial charge in [-0.15, -0.1) is 5.10 Å². The van der Waals surface area contributed by atoms with Crippen LogP contribution in [0.25, 0.3) is 4.96 Å². The van der Waals surface area contributed by atoms with Gasteiger partial charge < -0.3 is 15.1 Å². The molecule has 3 N–H and O–H groups in total. The zero-order chi connectivity index (χ0) is 18.3. The van der Waals surface area contributed by atoms with Crippen LogP contribution in [-0.4, -0.2) is 44.0 Å². The Bertz CT molecular complexity index is 917. The van der Waals surface area contributed by atoms with Gasteiger partial charge in [0.1, 0.15) is 10.7 Å². The van der Waals surface area contributed by atoms with E-state index in [1.165, 1.54) is 21.9 Å². The fourth-order valence-corrected chi connectivity index (χ4v) is 4.80. The second-order valence-corrected chi connectivity index (χ2v) is 7.72. The standard InChI is InChI=1S/C18H21FN4O2S/c1-2-14-20-18-23(21-14)17(25)16(26-18)15(12-5-3-4-6-13(12)19)22-9-7-11(24)8-10-22/h3-6,11,15,24-25H,2,7-10H2,1H3/p+1/t15-/m1/s1. The molecule has 0 bridgehead atoms. The Kier molecular flexibility index (Phi) is 4.64. The molecule has 1 aliphatic heterocycles. The molecule has 1 saturated heterocycles. The molecule has 2 aromatic heterocycles. The predicted molar refractivity (Wildman–Crippen MR) is 96.1 cm³/mol. The van der Waals surface area contributed by atoms with Crippen LogP contribution in [0.15, 0.2) is 24.3 Å². The highest BCUT2D eigenvalue weighted by molar-refractivity contribution is 7.17. The molecule has 0 radical (unpaired) electrons. The third kappa shape index (κ3) is 2.98. The summed E-state index contributed by atoms with van der Waals surface area (Å²) >= 11 is 1.36. The number of thiazole rings is 1. The summed E-state index contributed by atoms with van der Waals surface area (Å²) < 4.78 is 16.1. The molecule has 3 heterocycles. The molecule has 0 saturated carbocycles. The molecule has 3 aromatic rings. The van der Waals surface area contributed by atoms with Crippen molar-refractivity contribution in [2.24, 2.45) is 0 Å². The van der Waals surface area contributed by atoms with Crippen molar-refractivity contribution in [3.63, 3.8) is 0 Å². The average Bonchev–Trinajstić information content (AvgIpc) is 3.18. The maximum atomic E-state index is 14.6. The molecule has 6 nitrogen and oxygen atoms in total. The first-order chi connectivity index (χ1) is 12.6. The van der Waals surface area contributed by atoms with Crippen molar-refractivity contribution in [1.29, 1.82) is 0 Å². The number of halogens is 1. The van der Waals surface area contributed by atoms with Gasteiger partial charge >= 0.3 is 0 Å². The summed E-state index contributed by atoms with van der Waals surface area (Å²) in [5.74, 6) is 0.418. The van der Waals surface area contributed by atoms with Gasteiger partial charge in [-0.3, -0.25) is 0 Å². The quantitative estimate of drug-likeness (QED) is 0.641. The molecule has 0 unspecified atom stereocenters. The summed E-state index contributed by atoms with van der Waals surface area (Å²) in [5, 5.41) is 25.0. The van der Waals surface area contributed by atoms with E-state index in [1.54, 1.807) is 12.1 Å². The number of hydrogen-bond donors (Lipinski definition) is 3. The molecule has 0 aliphatic carbocycles. The number of nitrogens with zero attached hydrogens (tertiary/aromatic N) is 3. The van der Waals surface area contributed by atoms with Crippen molar-refractivity contribution in [2.45, 2.75) is 38.3 Å². The van der Waals surface area contributed by atoms with Crippen LogP contribution in [0.3, 0.4) is 0 Å². The Morgan fingerprint density at radius 2 is 2.08 bits per heavy atom. The topological polar surface area (TPSA) is 75.1 Å². The molecule has 0 spiro atoms.